The summed E-state index contributed by atoms with van der Waals surface area (Å²) in [7, 11) is 3.33. The number of hydrogen-bond acceptors (Lipinski definition) is 3. The van der Waals surface area contributed by atoms with Gasteiger partial charge in [0, 0.05) is 36.5 Å². The zero-order chi connectivity index (χ0) is 24.0. The third-order valence-electron chi connectivity index (χ3n) is 5.70. The third-order valence-corrected chi connectivity index (χ3v) is 5.70. The minimum Gasteiger partial charge on any atom is -0.334 e. The molecule has 1 heterocycles. The maximum absolute atomic E-state index is 13.8. The minimum absolute atomic E-state index is 0.146. The predicted octanol–water partition coefficient (Wildman–Crippen LogP) is 4.80. The standard InChI is InChI=1S/C27H30N4O2/c1-5-6-12-21-16-19(2)24(18-29-27(33)30(3)4)26(32)31(21)25-15-10-9-14-23(25)22-13-8-7-11-20(22)17-28/h7-11,13-16H,5-6,12,18H2,1-4H3,(H,29,33). The van der Waals surface area contributed by atoms with Crippen molar-refractivity contribution in [1.82, 2.24) is 14.8 Å². The summed E-state index contributed by atoms with van der Waals surface area (Å²) in [5, 5.41) is 12.5. The molecule has 3 rings (SSSR count). The second-order valence-corrected chi connectivity index (χ2v) is 8.27. The van der Waals surface area contributed by atoms with Gasteiger partial charge in [0.2, 0.25) is 0 Å². The van der Waals surface area contributed by atoms with E-state index in [2.05, 4.69) is 18.3 Å². The van der Waals surface area contributed by atoms with Crippen molar-refractivity contribution >= 4 is 6.03 Å². The number of carbonyl (C=O) groups excluding carboxylic acids is 1. The number of amides is 2. The fourth-order valence-corrected chi connectivity index (χ4v) is 3.89. The first-order valence-corrected chi connectivity index (χ1v) is 11.2. The molecule has 3 aromatic rings. The van der Waals surface area contributed by atoms with Crippen LogP contribution in [0.2, 0.25) is 0 Å². The van der Waals surface area contributed by atoms with Gasteiger partial charge in [-0.25, -0.2) is 4.79 Å². The van der Waals surface area contributed by atoms with Crippen molar-refractivity contribution < 1.29 is 4.79 Å². The van der Waals surface area contributed by atoms with Crippen molar-refractivity contribution in [2.24, 2.45) is 0 Å². The quantitative estimate of drug-likeness (QED) is 0.571. The van der Waals surface area contributed by atoms with Gasteiger partial charge >= 0.3 is 6.03 Å². The van der Waals surface area contributed by atoms with Crippen LogP contribution in [0.25, 0.3) is 16.8 Å². The fourth-order valence-electron chi connectivity index (χ4n) is 3.89. The van der Waals surface area contributed by atoms with Crippen molar-refractivity contribution in [3.05, 3.63) is 87.3 Å². The normalized spacial score (nSPS) is 10.5. The number of para-hydroxylation sites is 1. The predicted molar refractivity (Wildman–Crippen MR) is 131 cm³/mol. The number of nitrogens with zero attached hydrogens (tertiary/aromatic N) is 3. The molecule has 6 nitrogen and oxygen atoms in total. The van der Waals surface area contributed by atoms with Crippen molar-refractivity contribution in [3.63, 3.8) is 0 Å². The number of aryl methyl sites for hydroxylation is 2. The second kappa shape index (κ2) is 10.6. The summed E-state index contributed by atoms with van der Waals surface area (Å²) in [6.45, 7) is 4.18. The average molecular weight is 443 g/mol. The number of nitriles is 1. The summed E-state index contributed by atoms with van der Waals surface area (Å²) >= 11 is 0. The van der Waals surface area contributed by atoms with E-state index in [1.807, 2.05) is 55.5 Å². The number of aromatic nitrogens is 1. The highest BCUT2D eigenvalue weighted by molar-refractivity contribution is 5.78. The smallest absolute Gasteiger partial charge is 0.317 e. The molecule has 2 aromatic carbocycles. The highest BCUT2D eigenvalue weighted by Gasteiger charge is 2.18. The summed E-state index contributed by atoms with van der Waals surface area (Å²) in [6.07, 6.45) is 2.71. The molecule has 33 heavy (non-hydrogen) atoms. The van der Waals surface area contributed by atoms with Crippen LogP contribution in [0, 0.1) is 18.3 Å². The van der Waals surface area contributed by atoms with Crippen molar-refractivity contribution in [2.45, 2.75) is 39.7 Å². The van der Waals surface area contributed by atoms with Crippen LogP contribution in [-0.2, 0) is 13.0 Å². The van der Waals surface area contributed by atoms with Crippen LogP contribution < -0.4 is 10.9 Å². The van der Waals surface area contributed by atoms with Crippen LogP contribution in [-0.4, -0.2) is 29.6 Å². The van der Waals surface area contributed by atoms with Gasteiger partial charge in [0.1, 0.15) is 0 Å². The maximum Gasteiger partial charge on any atom is 0.317 e. The molecule has 0 aliphatic rings. The van der Waals surface area contributed by atoms with E-state index in [1.165, 1.54) is 4.90 Å². The summed E-state index contributed by atoms with van der Waals surface area (Å²) in [4.78, 5) is 27.4. The lowest BCUT2D eigenvalue weighted by molar-refractivity contribution is 0.217. The van der Waals surface area contributed by atoms with E-state index >= 15 is 0 Å². The average Bonchev–Trinajstić information content (AvgIpc) is 2.82. The van der Waals surface area contributed by atoms with Gasteiger partial charge in [0.05, 0.1) is 23.9 Å². The molecule has 6 heteroatoms. The van der Waals surface area contributed by atoms with Gasteiger partial charge in [-0.15, -0.1) is 0 Å². The number of unbranched alkanes of at least 4 members (excludes halogenated alkanes) is 1. The molecule has 0 atom stereocenters. The number of pyridine rings is 1. The first-order valence-electron chi connectivity index (χ1n) is 11.2. The molecular formula is C27H30N4O2. The Bertz CT molecular complexity index is 1250. The molecule has 1 N–H and O–H groups in total. The number of benzene rings is 2. The molecule has 0 bridgehead atoms. The number of rotatable bonds is 7. The molecule has 0 saturated heterocycles. The summed E-state index contributed by atoms with van der Waals surface area (Å²) in [5.41, 5.74) is 5.07. The fraction of sp³-hybridized carbons (Fsp3) is 0.296. The summed E-state index contributed by atoms with van der Waals surface area (Å²) in [5.74, 6) is 0. The zero-order valence-corrected chi connectivity index (χ0v) is 19.7. The highest BCUT2D eigenvalue weighted by atomic mass is 16.2. The van der Waals surface area contributed by atoms with Gasteiger partial charge < -0.3 is 10.2 Å². The Morgan fingerprint density at radius 3 is 2.42 bits per heavy atom. The third kappa shape index (κ3) is 5.15. The van der Waals surface area contributed by atoms with Crippen LogP contribution in [0.3, 0.4) is 0 Å². The number of carbonyl (C=O) groups is 1. The summed E-state index contributed by atoms with van der Waals surface area (Å²) in [6, 6.07) is 19.1. The van der Waals surface area contributed by atoms with Crippen molar-refractivity contribution in [1.29, 1.82) is 5.26 Å². The Labute approximate surface area is 195 Å². The van der Waals surface area contributed by atoms with Gasteiger partial charge in [-0.1, -0.05) is 49.7 Å². The lowest BCUT2D eigenvalue weighted by atomic mass is 9.97. The van der Waals surface area contributed by atoms with E-state index in [0.29, 0.717) is 11.1 Å². The number of hydrogen-bond donors (Lipinski definition) is 1. The largest absolute Gasteiger partial charge is 0.334 e. The molecule has 0 radical (unpaired) electrons. The second-order valence-electron chi connectivity index (χ2n) is 8.27. The molecule has 0 saturated carbocycles. The van der Waals surface area contributed by atoms with E-state index in [9.17, 15) is 14.9 Å². The van der Waals surface area contributed by atoms with Gasteiger partial charge in [-0.3, -0.25) is 9.36 Å². The molecule has 0 unspecified atom stereocenters. The van der Waals surface area contributed by atoms with E-state index in [0.717, 1.165) is 47.3 Å². The van der Waals surface area contributed by atoms with Gasteiger partial charge in [-0.2, -0.15) is 5.26 Å². The van der Waals surface area contributed by atoms with Crippen molar-refractivity contribution in [2.75, 3.05) is 14.1 Å². The van der Waals surface area contributed by atoms with E-state index < -0.39 is 0 Å². The SMILES string of the molecule is CCCCc1cc(C)c(CNC(=O)N(C)C)c(=O)n1-c1ccccc1-c1ccccc1C#N. The van der Waals surface area contributed by atoms with E-state index in [4.69, 9.17) is 0 Å². The van der Waals surface area contributed by atoms with Crippen LogP contribution in [0.5, 0.6) is 0 Å². The Morgan fingerprint density at radius 1 is 1.09 bits per heavy atom. The topological polar surface area (TPSA) is 78.1 Å². The molecule has 170 valence electrons. The molecule has 2 amide bonds. The Balaban J connectivity index is 2.24. The monoisotopic (exact) mass is 442 g/mol. The van der Waals surface area contributed by atoms with Crippen LogP contribution in [0.1, 0.15) is 42.1 Å². The van der Waals surface area contributed by atoms with E-state index in [1.54, 1.807) is 24.7 Å². The van der Waals surface area contributed by atoms with E-state index in [-0.39, 0.29) is 18.1 Å². The van der Waals surface area contributed by atoms with Crippen LogP contribution >= 0.6 is 0 Å². The van der Waals surface area contributed by atoms with Crippen LogP contribution in [0.4, 0.5) is 4.79 Å². The Hall–Kier alpha value is -3.85. The highest BCUT2D eigenvalue weighted by Crippen LogP contribution is 2.30. The molecular weight excluding hydrogens is 412 g/mol. The van der Waals surface area contributed by atoms with Gasteiger partial charge in [-0.05, 0) is 43.5 Å². The lowest BCUT2D eigenvalue weighted by Gasteiger charge is -2.20. The van der Waals surface area contributed by atoms with Crippen LogP contribution in [0.15, 0.2) is 59.4 Å². The number of urea groups is 1. The molecule has 0 spiro atoms. The Morgan fingerprint density at radius 2 is 1.76 bits per heavy atom. The molecule has 0 aliphatic heterocycles. The first kappa shape index (κ1) is 23.8. The minimum atomic E-state index is -0.251. The van der Waals surface area contributed by atoms with Crippen molar-refractivity contribution in [3.8, 4) is 22.9 Å². The van der Waals surface area contributed by atoms with Gasteiger partial charge in [0.25, 0.3) is 5.56 Å². The lowest BCUT2D eigenvalue weighted by Crippen LogP contribution is -2.37. The molecule has 0 fully saturated rings. The molecule has 1 aromatic heterocycles. The maximum atomic E-state index is 13.8. The Kier molecular flexibility index (Phi) is 7.68. The number of nitrogens with one attached hydrogen (secondary N) is 1. The first-order chi connectivity index (χ1) is 15.9. The molecule has 0 aliphatic carbocycles. The summed E-state index contributed by atoms with van der Waals surface area (Å²) < 4.78 is 1.75. The van der Waals surface area contributed by atoms with Gasteiger partial charge in [0.15, 0.2) is 0 Å². The zero-order valence-electron chi connectivity index (χ0n) is 19.7.